The number of aromatic nitrogens is 2. The SMILES string of the molecule is CC(=O)n1cc(/C=C2\N=C(c3ccc(Cl)cc3)N(c3ccc(S(=O)(=O)Nc4ccccn4)cc3)C2=O)c2ccccc21. The van der Waals surface area contributed by atoms with Gasteiger partial charge in [-0.3, -0.25) is 23.8 Å². The maximum atomic E-state index is 13.9. The van der Waals surface area contributed by atoms with Gasteiger partial charge in [0.25, 0.3) is 15.9 Å². The number of para-hydroxylation sites is 1. The normalized spacial score (nSPS) is 14.4. The highest BCUT2D eigenvalue weighted by Gasteiger charge is 2.33. The van der Waals surface area contributed by atoms with Crippen LogP contribution in [0.5, 0.6) is 0 Å². The quantitative estimate of drug-likeness (QED) is 0.242. The summed E-state index contributed by atoms with van der Waals surface area (Å²) in [7, 11) is -3.92. The number of fused-ring (bicyclic) bond motifs is 1. The summed E-state index contributed by atoms with van der Waals surface area (Å²) in [5, 5.41) is 1.32. The van der Waals surface area contributed by atoms with Gasteiger partial charge in [-0.05, 0) is 72.8 Å². The van der Waals surface area contributed by atoms with Crippen molar-refractivity contribution in [3.8, 4) is 0 Å². The molecule has 0 fully saturated rings. The number of rotatable bonds is 6. The van der Waals surface area contributed by atoms with Crippen LogP contribution < -0.4 is 9.62 Å². The minimum atomic E-state index is -3.92. The molecule has 3 aromatic carbocycles. The molecular weight excluding hydrogens is 574 g/mol. The zero-order valence-electron chi connectivity index (χ0n) is 22.1. The molecule has 0 spiro atoms. The van der Waals surface area contributed by atoms with E-state index in [9.17, 15) is 18.0 Å². The van der Waals surface area contributed by atoms with Crippen molar-refractivity contribution < 1.29 is 18.0 Å². The van der Waals surface area contributed by atoms with Crippen molar-refractivity contribution in [3.63, 3.8) is 0 Å². The predicted molar refractivity (Wildman–Crippen MR) is 163 cm³/mol. The summed E-state index contributed by atoms with van der Waals surface area (Å²) in [6.07, 6.45) is 4.82. The fraction of sp³-hybridized carbons (Fsp3) is 0.0323. The predicted octanol–water partition coefficient (Wildman–Crippen LogP) is 5.99. The Morgan fingerprint density at radius 1 is 0.929 bits per heavy atom. The Morgan fingerprint density at radius 2 is 1.64 bits per heavy atom. The Hall–Kier alpha value is -5.06. The number of hydrogen-bond donors (Lipinski definition) is 1. The summed E-state index contributed by atoms with van der Waals surface area (Å²) in [4.78, 5) is 36.2. The summed E-state index contributed by atoms with van der Waals surface area (Å²) in [5.41, 5.74) is 2.58. The fourth-order valence-electron chi connectivity index (χ4n) is 4.67. The number of halogens is 1. The molecule has 1 aliphatic heterocycles. The van der Waals surface area contributed by atoms with Crippen LogP contribution in [0.4, 0.5) is 11.5 Å². The van der Waals surface area contributed by atoms with Gasteiger partial charge in [-0.1, -0.05) is 35.9 Å². The number of nitrogens with zero attached hydrogens (tertiary/aromatic N) is 4. The third kappa shape index (κ3) is 5.09. The number of hydrogen-bond acceptors (Lipinski definition) is 6. The number of amides is 1. The van der Waals surface area contributed by atoms with Crippen molar-refractivity contribution in [2.24, 2.45) is 4.99 Å². The molecule has 0 atom stereocenters. The van der Waals surface area contributed by atoms with Crippen molar-refractivity contribution in [1.29, 1.82) is 0 Å². The van der Waals surface area contributed by atoms with Crippen molar-refractivity contribution in [3.05, 3.63) is 125 Å². The first kappa shape index (κ1) is 27.1. The molecule has 0 saturated carbocycles. The van der Waals surface area contributed by atoms with Gasteiger partial charge in [-0.25, -0.2) is 18.4 Å². The van der Waals surface area contributed by atoms with E-state index >= 15 is 0 Å². The van der Waals surface area contributed by atoms with Gasteiger partial charge in [-0.2, -0.15) is 0 Å². The number of carbonyl (C=O) groups is 2. The lowest BCUT2D eigenvalue weighted by molar-refractivity contribution is -0.113. The Morgan fingerprint density at radius 3 is 2.33 bits per heavy atom. The second-order valence-corrected chi connectivity index (χ2v) is 11.5. The Kier molecular flexibility index (Phi) is 6.93. The molecule has 1 N–H and O–H groups in total. The average Bonchev–Trinajstić information content (AvgIpc) is 3.52. The van der Waals surface area contributed by atoms with E-state index < -0.39 is 15.9 Å². The largest absolute Gasteiger partial charge is 0.287 e. The molecule has 2 aromatic heterocycles. The molecule has 9 nitrogen and oxygen atoms in total. The number of sulfonamides is 1. The van der Waals surface area contributed by atoms with E-state index in [1.54, 1.807) is 66.9 Å². The number of pyridine rings is 1. The van der Waals surface area contributed by atoms with Crippen LogP contribution in [0, 0.1) is 0 Å². The van der Waals surface area contributed by atoms with Crippen molar-refractivity contribution >= 4 is 67.8 Å². The summed E-state index contributed by atoms with van der Waals surface area (Å²) < 4.78 is 29.8. The van der Waals surface area contributed by atoms with Crippen LogP contribution in [0.25, 0.3) is 17.0 Å². The molecule has 0 unspecified atom stereocenters. The number of carbonyl (C=O) groups excluding carboxylic acids is 2. The highest BCUT2D eigenvalue weighted by atomic mass is 35.5. The molecule has 0 aliphatic carbocycles. The summed E-state index contributed by atoms with van der Waals surface area (Å²) in [5.74, 6) is -0.0372. The first-order chi connectivity index (χ1) is 20.2. The van der Waals surface area contributed by atoms with E-state index in [2.05, 4.69) is 14.7 Å². The van der Waals surface area contributed by atoms with Gasteiger partial charge in [0.05, 0.1) is 16.1 Å². The second-order valence-electron chi connectivity index (χ2n) is 9.42. The van der Waals surface area contributed by atoms with Gasteiger partial charge in [0.15, 0.2) is 0 Å². The van der Waals surface area contributed by atoms with E-state index in [4.69, 9.17) is 11.6 Å². The van der Waals surface area contributed by atoms with Gasteiger partial charge in [0, 0.05) is 40.9 Å². The van der Waals surface area contributed by atoms with Gasteiger partial charge < -0.3 is 0 Å². The van der Waals surface area contributed by atoms with E-state index in [0.29, 0.717) is 27.7 Å². The van der Waals surface area contributed by atoms with Crippen LogP contribution in [-0.4, -0.2) is 35.6 Å². The summed E-state index contributed by atoms with van der Waals surface area (Å²) in [6.45, 7) is 1.47. The van der Waals surface area contributed by atoms with Crippen LogP contribution in [0.15, 0.2) is 119 Å². The minimum Gasteiger partial charge on any atom is -0.287 e. The molecule has 208 valence electrons. The molecule has 0 bridgehead atoms. The van der Waals surface area contributed by atoms with Crippen molar-refractivity contribution in [2.45, 2.75) is 11.8 Å². The Labute approximate surface area is 246 Å². The monoisotopic (exact) mass is 595 g/mol. The lowest BCUT2D eigenvalue weighted by Crippen LogP contribution is -2.32. The maximum absolute atomic E-state index is 13.9. The van der Waals surface area contributed by atoms with Gasteiger partial charge >= 0.3 is 0 Å². The molecule has 3 heterocycles. The van der Waals surface area contributed by atoms with E-state index in [-0.39, 0.29) is 22.3 Å². The standard InChI is InChI=1S/C31H22ClN5O4S/c1-20(38)36-19-22(26-6-2-3-7-28(26)36)18-27-31(39)37(30(34-27)21-9-11-23(32)12-10-21)24-13-15-25(16-14-24)42(40,41)35-29-8-4-5-17-33-29/h2-19H,1H3,(H,33,35)/b27-18-. The molecule has 6 rings (SSSR count). The lowest BCUT2D eigenvalue weighted by atomic mass is 10.1. The maximum Gasteiger partial charge on any atom is 0.282 e. The van der Waals surface area contributed by atoms with E-state index in [0.717, 1.165) is 10.9 Å². The number of amidine groups is 1. The Balaban J connectivity index is 1.40. The van der Waals surface area contributed by atoms with Gasteiger partial charge in [-0.15, -0.1) is 0 Å². The summed E-state index contributed by atoms with van der Waals surface area (Å²) >= 11 is 6.11. The molecule has 0 saturated heterocycles. The van der Waals surface area contributed by atoms with Crippen LogP contribution in [-0.2, 0) is 14.8 Å². The second kappa shape index (κ2) is 10.7. The van der Waals surface area contributed by atoms with E-state index in [1.807, 2.05) is 24.3 Å². The smallest absolute Gasteiger partial charge is 0.282 e. The third-order valence-electron chi connectivity index (χ3n) is 6.65. The molecular formula is C31H22ClN5O4S. The lowest BCUT2D eigenvalue weighted by Gasteiger charge is -2.19. The van der Waals surface area contributed by atoms with E-state index in [1.165, 1.54) is 34.7 Å². The molecule has 1 amide bonds. The van der Waals surface area contributed by atoms with Crippen LogP contribution in [0.3, 0.4) is 0 Å². The van der Waals surface area contributed by atoms with Crippen molar-refractivity contribution in [1.82, 2.24) is 9.55 Å². The van der Waals surface area contributed by atoms with Crippen molar-refractivity contribution in [2.75, 3.05) is 9.62 Å². The topological polar surface area (TPSA) is 114 Å². The van der Waals surface area contributed by atoms with Gasteiger partial charge in [0.2, 0.25) is 5.91 Å². The molecule has 1 aliphatic rings. The fourth-order valence-corrected chi connectivity index (χ4v) is 5.81. The van der Waals surface area contributed by atoms with Gasteiger partial charge in [0.1, 0.15) is 17.4 Å². The zero-order chi connectivity index (χ0) is 29.4. The zero-order valence-corrected chi connectivity index (χ0v) is 23.7. The first-order valence-electron chi connectivity index (χ1n) is 12.8. The third-order valence-corrected chi connectivity index (χ3v) is 8.27. The number of aliphatic imine (C=N–C) groups is 1. The van der Waals surface area contributed by atoms with Crippen LogP contribution in [0.2, 0.25) is 5.02 Å². The molecule has 0 radical (unpaired) electrons. The average molecular weight is 596 g/mol. The Bertz CT molecular complexity index is 2020. The first-order valence-corrected chi connectivity index (χ1v) is 14.6. The molecule has 42 heavy (non-hydrogen) atoms. The highest BCUT2D eigenvalue weighted by molar-refractivity contribution is 7.92. The molecule has 11 heteroatoms. The number of benzene rings is 3. The van der Waals surface area contributed by atoms with Crippen LogP contribution in [0.1, 0.15) is 22.8 Å². The number of anilines is 2. The van der Waals surface area contributed by atoms with Crippen LogP contribution >= 0.6 is 11.6 Å². The number of nitrogens with one attached hydrogen (secondary N) is 1. The minimum absolute atomic E-state index is 0.00124. The molecule has 5 aromatic rings. The summed E-state index contributed by atoms with van der Waals surface area (Å²) in [6, 6.07) is 25.1. The highest BCUT2D eigenvalue weighted by Crippen LogP contribution is 2.31.